The van der Waals surface area contributed by atoms with Crippen LogP contribution < -0.4 is 5.73 Å². The largest absolute Gasteiger partial charge is 0.324 e. The zero-order chi connectivity index (χ0) is 14.6. The number of aromatic nitrogens is 2. The molecule has 20 heavy (non-hydrogen) atoms. The smallest absolute Gasteiger partial charge is 0.0624 e. The maximum atomic E-state index is 6.64. The molecular weight excluding hydrogens is 246 g/mol. The van der Waals surface area contributed by atoms with Crippen LogP contribution in [-0.4, -0.2) is 15.3 Å². The maximum absolute atomic E-state index is 6.64. The van der Waals surface area contributed by atoms with Gasteiger partial charge >= 0.3 is 0 Å². The number of nitrogens with zero attached hydrogens (tertiary/aromatic N) is 2. The summed E-state index contributed by atoms with van der Waals surface area (Å²) in [6, 6.07) is 12.7. The molecule has 2 rings (SSSR count). The number of aryl methyl sites for hydroxylation is 2. The lowest BCUT2D eigenvalue weighted by Gasteiger charge is -2.28. The van der Waals surface area contributed by atoms with Gasteiger partial charge in [0.1, 0.15) is 0 Å². The summed E-state index contributed by atoms with van der Waals surface area (Å²) in [7, 11) is 2.01. The SMILES string of the molecule is CCc1cc(CC(N)(CC)Cc2ccccc2)n(C)n1. The number of hydrogen-bond acceptors (Lipinski definition) is 2. The Morgan fingerprint density at radius 3 is 2.40 bits per heavy atom. The lowest BCUT2D eigenvalue weighted by molar-refractivity contribution is 0.393. The highest BCUT2D eigenvalue weighted by molar-refractivity contribution is 5.20. The fourth-order valence-electron chi connectivity index (χ4n) is 2.59. The van der Waals surface area contributed by atoms with E-state index in [9.17, 15) is 0 Å². The predicted molar refractivity (Wildman–Crippen MR) is 83.6 cm³/mol. The van der Waals surface area contributed by atoms with Crippen molar-refractivity contribution in [3.8, 4) is 0 Å². The lowest BCUT2D eigenvalue weighted by Crippen LogP contribution is -2.44. The molecule has 1 aromatic heterocycles. The molecule has 0 aliphatic heterocycles. The van der Waals surface area contributed by atoms with Gasteiger partial charge in [-0.05, 0) is 30.9 Å². The van der Waals surface area contributed by atoms with Gasteiger partial charge in [-0.1, -0.05) is 44.2 Å². The van der Waals surface area contributed by atoms with E-state index in [2.05, 4.69) is 49.3 Å². The topological polar surface area (TPSA) is 43.8 Å². The molecule has 0 fully saturated rings. The van der Waals surface area contributed by atoms with Crippen molar-refractivity contribution in [1.82, 2.24) is 9.78 Å². The van der Waals surface area contributed by atoms with Gasteiger partial charge in [0.15, 0.2) is 0 Å². The Hall–Kier alpha value is -1.61. The molecular formula is C17H25N3. The molecule has 0 amide bonds. The van der Waals surface area contributed by atoms with Gasteiger partial charge in [-0.25, -0.2) is 0 Å². The molecule has 0 saturated heterocycles. The van der Waals surface area contributed by atoms with Crippen LogP contribution in [0.15, 0.2) is 36.4 Å². The van der Waals surface area contributed by atoms with Gasteiger partial charge in [0.05, 0.1) is 5.69 Å². The third kappa shape index (κ3) is 3.48. The number of benzene rings is 1. The first kappa shape index (κ1) is 14.8. The standard InChI is InChI=1S/C17H25N3/c1-4-15-11-16(20(3)19-15)13-17(18,5-2)12-14-9-7-6-8-10-14/h6-11H,4-5,12-13,18H2,1-3H3. The van der Waals surface area contributed by atoms with Crippen LogP contribution in [0, 0.1) is 0 Å². The highest BCUT2D eigenvalue weighted by atomic mass is 15.3. The minimum atomic E-state index is -0.208. The molecule has 0 radical (unpaired) electrons. The molecule has 1 heterocycles. The Bertz CT molecular complexity index is 545. The molecule has 3 nitrogen and oxygen atoms in total. The fourth-order valence-corrected chi connectivity index (χ4v) is 2.59. The molecule has 3 heteroatoms. The van der Waals surface area contributed by atoms with E-state index in [0.717, 1.165) is 31.4 Å². The minimum absolute atomic E-state index is 0.208. The monoisotopic (exact) mass is 271 g/mol. The first-order valence-corrected chi connectivity index (χ1v) is 7.41. The van der Waals surface area contributed by atoms with Crippen molar-refractivity contribution in [1.29, 1.82) is 0 Å². The Kier molecular flexibility index (Phi) is 4.61. The van der Waals surface area contributed by atoms with Crippen LogP contribution in [0.4, 0.5) is 0 Å². The molecule has 0 aliphatic rings. The summed E-state index contributed by atoms with van der Waals surface area (Å²) in [5, 5.41) is 4.52. The summed E-state index contributed by atoms with van der Waals surface area (Å²) in [6.07, 6.45) is 3.68. The van der Waals surface area contributed by atoms with Gasteiger partial charge in [-0.15, -0.1) is 0 Å². The molecule has 0 saturated carbocycles. The van der Waals surface area contributed by atoms with Crippen molar-refractivity contribution >= 4 is 0 Å². The number of nitrogens with two attached hydrogens (primary N) is 1. The molecule has 2 aromatic rings. The molecule has 1 unspecified atom stereocenters. The molecule has 1 aromatic carbocycles. The zero-order valence-electron chi connectivity index (χ0n) is 12.8. The summed E-state index contributed by atoms with van der Waals surface area (Å²) < 4.78 is 1.97. The van der Waals surface area contributed by atoms with Gasteiger partial charge in [0.25, 0.3) is 0 Å². The van der Waals surface area contributed by atoms with Crippen molar-refractivity contribution in [2.45, 2.75) is 45.1 Å². The number of rotatable bonds is 6. The van der Waals surface area contributed by atoms with E-state index in [-0.39, 0.29) is 5.54 Å². The van der Waals surface area contributed by atoms with Crippen molar-refractivity contribution < 1.29 is 0 Å². The van der Waals surface area contributed by atoms with Crippen molar-refractivity contribution in [2.24, 2.45) is 12.8 Å². The minimum Gasteiger partial charge on any atom is -0.324 e. The Labute approximate surface area is 121 Å². The second kappa shape index (κ2) is 6.23. The normalized spacial score (nSPS) is 14.2. The van der Waals surface area contributed by atoms with E-state index >= 15 is 0 Å². The van der Waals surface area contributed by atoms with E-state index in [0.29, 0.717) is 0 Å². The van der Waals surface area contributed by atoms with Crippen LogP contribution in [0.2, 0.25) is 0 Å². The van der Waals surface area contributed by atoms with Gasteiger partial charge in [0, 0.05) is 24.7 Å². The number of hydrogen-bond donors (Lipinski definition) is 1. The lowest BCUT2D eigenvalue weighted by atomic mass is 9.85. The third-order valence-corrected chi connectivity index (χ3v) is 4.03. The van der Waals surface area contributed by atoms with Gasteiger partial charge in [-0.2, -0.15) is 5.10 Å². The second-order valence-corrected chi connectivity index (χ2v) is 5.66. The zero-order valence-corrected chi connectivity index (χ0v) is 12.8. The molecule has 0 aliphatic carbocycles. The first-order chi connectivity index (χ1) is 9.56. The van der Waals surface area contributed by atoms with E-state index < -0.39 is 0 Å². The average Bonchev–Trinajstić information content (AvgIpc) is 2.80. The fraction of sp³-hybridized carbons (Fsp3) is 0.471. The van der Waals surface area contributed by atoms with Crippen LogP contribution in [0.1, 0.15) is 37.2 Å². The third-order valence-electron chi connectivity index (χ3n) is 4.03. The van der Waals surface area contributed by atoms with Gasteiger partial charge in [-0.3, -0.25) is 4.68 Å². The predicted octanol–water partition coefficient (Wildman–Crippen LogP) is 2.88. The quantitative estimate of drug-likeness (QED) is 0.878. The maximum Gasteiger partial charge on any atom is 0.0624 e. The van der Waals surface area contributed by atoms with E-state index in [4.69, 9.17) is 5.73 Å². The average molecular weight is 271 g/mol. The van der Waals surface area contributed by atoms with Crippen LogP contribution in [0.25, 0.3) is 0 Å². The molecule has 108 valence electrons. The van der Waals surface area contributed by atoms with Crippen molar-refractivity contribution in [3.63, 3.8) is 0 Å². The van der Waals surface area contributed by atoms with E-state index in [1.54, 1.807) is 0 Å². The highest BCUT2D eigenvalue weighted by Crippen LogP contribution is 2.20. The van der Waals surface area contributed by atoms with Gasteiger partial charge in [0.2, 0.25) is 0 Å². The van der Waals surface area contributed by atoms with E-state index in [1.807, 2.05) is 17.8 Å². The summed E-state index contributed by atoms with van der Waals surface area (Å²) >= 11 is 0. The van der Waals surface area contributed by atoms with Crippen molar-refractivity contribution in [3.05, 3.63) is 53.3 Å². The van der Waals surface area contributed by atoms with Crippen LogP contribution in [-0.2, 0) is 26.3 Å². The van der Waals surface area contributed by atoms with Gasteiger partial charge < -0.3 is 5.73 Å². The Balaban J connectivity index is 2.16. The van der Waals surface area contributed by atoms with E-state index in [1.165, 1.54) is 11.3 Å². The van der Waals surface area contributed by atoms with Crippen LogP contribution in [0.3, 0.4) is 0 Å². The Morgan fingerprint density at radius 1 is 1.15 bits per heavy atom. The van der Waals surface area contributed by atoms with Crippen LogP contribution >= 0.6 is 0 Å². The molecule has 0 bridgehead atoms. The molecule has 0 spiro atoms. The second-order valence-electron chi connectivity index (χ2n) is 5.66. The summed E-state index contributed by atoms with van der Waals surface area (Å²) in [6.45, 7) is 4.30. The highest BCUT2D eigenvalue weighted by Gasteiger charge is 2.25. The first-order valence-electron chi connectivity index (χ1n) is 7.41. The molecule has 2 N–H and O–H groups in total. The Morgan fingerprint density at radius 2 is 1.85 bits per heavy atom. The van der Waals surface area contributed by atoms with Crippen LogP contribution in [0.5, 0.6) is 0 Å². The molecule has 1 atom stereocenters. The van der Waals surface area contributed by atoms with Crippen molar-refractivity contribution in [2.75, 3.05) is 0 Å². The summed E-state index contributed by atoms with van der Waals surface area (Å²) in [4.78, 5) is 0. The summed E-state index contributed by atoms with van der Waals surface area (Å²) in [5.74, 6) is 0. The summed E-state index contributed by atoms with van der Waals surface area (Å²) in [5.41, 5.74) is 10.1.